The molecule has 0 atom stereocenters. The van der Waals surface area contributed by atoms with Crippen LogP contribution in [0.1, 0.15) is 48.2 Å². The number of nitrogens with zero attached hydrogens (tertiary/aromatic N) is 2. The van der Waals surface area contributed by atoms with E-state index in [0.717, 1.165) is 22.8 Å². The predicted molar refractivity (Wildman–Crippen MR) is 124 cm³/mol. The number of unbranched alkanes of at least 4 members (excludes halogenated alkanes) is 1. The van der Waals surface area contributed by atoms with Crippen molar-refractivity contribution in [2.75, 3.05) is 13.2 Å². The highest BCUT2D eigenvalue weighted by molar-refractivity contribution is 6.02. The lowest BCUT2D eigenvalue weighted by atomic mass is 10.0. The molecular formula is C25H23FN2O7. The standard InChI is InChI=1S/C25H23FN2O7/c1-3-5-10-34-22-18(25(32)33-4-2)23(29)28-13-17(24(30)31)35-21-15(12-27-19(22)20(21)28)11-14-6-8-16(26)9-7-14/h6-9,12-13H,3-5,10-11H2,1-2H3,(H,30,31). The summed E-state index contributed by atoms with van der Waals surface area (Å²) in [5.74, 6) is -3.16. The van der Waals surface area contributed by atoms with Crippen LogP contribution in [-0.2, 0) is 16.0 Å². The Morgan fingerprint density at radius 3 is 2.60 bits per heavy atom. The number of ether oxygens (including phenoxy) is 3. The van der Waals surface area contributed by atoms with E-state index in [4.69, 9.17) is 14.2 Å². The van der Waals surface area contributed by atoms with Crippen LogP contribution in [0.2, 0.25) is 0 Å². The minimum atomic E-state index is -1.40. The molecule has 0 radical (unpaired) electrons. The number of esters is 1. The SMILES string of the molecule is CCCCOc1c(C(=O)OCC)c(=O)n2c3c(c(Cc4ccc(F)cc4)cnc13)OC(C(=O)O)=C2. The van der Waals surface area contributed by atoms with Crippen LogP contribution in [0.4, 0.5) is 4.39 Å². The first-order valence-electron chi connectivity index (χ1n) is 11.1. The van der Waals surface area contributed by atoms with E-state index in [0.29, 0.717) is 12.0 Å². The van der Waals surface area contributed by atoms with E-state index in [-0.39, 0.29) is 47.7 Å². The fourth-order valence-corrected chi connectivity index (χ4v) is 3.73. The number of carboxylic acids is 1. The molecule has 0 unspecified atom stereocenters. The maximum absolute atomic E-state index is 13.5. The molecule has 1 aromatic carbocycles. The van der Waals surface area contributed by atoms with Gasteiger partial charge in [-0.1, -0.05) is 25.5 Å². The third kappa shape index (κ3) is 4.59. The Bertz CT molecular complexity index is 1390. The summed E-state index contributed by atoms with van der Waals surface area (Å²) in [6.45, 7) is 3.83. The average molecular weight is 482 g/mol. The number of carbonyl (C=O) groups is 2. The van der Waals surface area contributed by atoms with E-state index < -0.39 is 29.1 Å². The molecule has 3 heterocycles. The van der Waals surface area contributed by atoms with Crippen molar-refractivity contribution in [3.8, 4) is 11.5 Å². The van der Waals surface area contributed by atoms with E-state index in [1.54, 1.807) is 19.1 Å². The molecular weight excluding hydrogens is 459 g/mol. The average Bonchev–Trinajstić information content (AvgIpc) is 2.84. The molecule has 182 valence electrons. The second-order valence-electron chi connectivity index (χ2n) is 7.82. The summed E-state index contributed by atoms with van der Waals surface area (Å²) < 4.78 is 31.0. The number of aromatic nitrogens is 2. The molecule has 10 heteroatoms. The number of halogens is 1. The lowest BCUT2D eigenvalue weighted by Crippen LogP contribution is -2.30. The second-order valence-corrected chi connectivity index (χ2v) is 7.82. The molecule has 1 aliphatic rings. The Labute approximate surface area is 199 Å². The summed E-state index contributed by atoms with van der Waals surface area (Å²) in [6, 6.07) is 5.78. The van der Waals surface area contributed by atoms with Crippen LogP contribution in [-0.4, -0.2) is 39.8 Å². The number of hydrogen-bond acceptors (Lipinski definition) is 7. The van der Waals surface area contributed by atoms with E-state index in [1.807, 2.05) is 6.92 Å². The lowest BCUT2D eigenvalue weighted by molar-refractivity contribution is -0.134. The fourth-order valence-electron chi connectivity index (χ4n) is 3.73. The highest BCUT2D eigenvalue weighted by Gasteiger charge is 2.32. The minimum Gasteiger partial charge on any atom is -0.490 e. The van der Waals surface area contributed by atoms with Crippen molar-refractivity contribution < 1.29 is 33.3 Å². The maximum atomic E-state index is 13.5. The number of hydrogen-bond donors (Lipinski definition) is 1. The number of benzene rings is 1. The second kappa shape index (κ2) is 9.96. The van der Waals surface area contributed by atoms with Crippen molar-refractivity contribution in [3.05, 3.63) is 69.1 Å². The van der Waals surface area contributed by atoms with Crippen molar-refractivity contribution >= 4 is 29.2 Å². The van der Waals surface area contributed by atoms with E-state index in [2.05, 4.69) is 4.98 Å². The van der Waals surface area contributed by atoms with E-state index in [1.165, 1.54) is 18.3 Å². The molecule has 4 rings (SSSR count). The Morgan fingerprint density at radius 2 is 1.94 bits per heavy atom. The van der Waals surface area contributed by atoms with Crippen LogP contribution in [0.3, 0.4) is 0 Å². The van der Waals surface area contributed by atoms with Crippen LogP contribution in [0.15, 0.2) is 41.0 Å². The molecule has 0 aliphatic carbocycles. The number of carboxylic acid groups (broad SMARTS) is 1. The first-order chi connectivity index (χ1) is 16.8. The van der Waals surface area contributed by atoms with Gasteiger partial charge < -0.3 is 19.3 Å². The number of aliphatic carboxylic acids is 1. The minimum absolute atomic E-state index is 0.0271. The highest BCUT2D eigenvalue weighted by Crippen LogP contribution is 2.38. The molecule has 0 saturated carbocycles. The van der Waals surface area contributed by atoms with Crippen molar-refractivity contribution in [3.63, 3.8) is 0 Å². The zero-order valence-electron chi connectivity index (χ0n) is 19.2. The van der Waals surface area contributed by atoms with Crippen LogP contribution in [0, 0.1) is 5.82 Å². The molecule has 0 amide bonds. The topological polar surface area (TPSA) is 117 Å². The summed E-state index contributed by atoms with van der Waals surface area (Å²) in [7, 11) is 0. The van der Waals surface area contributed by atoms with Crippen molar-refractivity contribution in [1.29, 1.82) is 0 Å². The molecule has 0 bridgehead atoms. The van der Waals surface area contributed by atoms with Gasteiger partial charge in [0.2, 0.25) is 5.76 Å². The molecule has 0 spiro atoms. The van der Waals surface area contributed by atoms with Crippen LogP contribution >= 0.6 is 0 Å². The monoisotopic (exact) mass is 482 g/mol. The van der Waals surface area contributed by atoms with Crippen LogP contribution in [0.5, 0.6) is 11.5 Å². The highest BCUT2D eigenvalue weighted by atomic mass is 19.1. The van der Waals surface area contributed by atoms with Gasteiger partial charge in [-0.25, -0.2) is 14.0 Å². The Balaban J connectivity index is 1.99. The first kappa shape index (κ1) is 23.9. The Hall–Kier alpha value is -4.21. The van der Waals surface area contributed by atoms with Gasteiger partial charge in [-0.3, -0.25) is 14.3 Å². The number of rotatable bonds is 9. The number of carbonyl (C=O) groups excluding carboxylic acids is 1. The van der Waals surface area contributed by atoms with Gasteiger partial charge in [0.15, 0.2) is 17.1 Å². The third-order valence-corrected chi connectivity index (χ3v) is 5.40. The summed E-state index contributed by atoms with van der Waals surface area (Å²) in [4.78, 5) is 42.5. The summed E-state index contributed by atoms with van der Waals surface area (Å²) >= 11 is 0. The predicted octanol–water partition coefficient (Wildman–Crippen LogP) is 3.76. The van der Waals surface area contributed by atoms with Gasteiger partial charge in [0, 0.05) is 18.2 Å². The molecule has 3 aromatic rings. The van der Waals surface area contributed by atoms with E-state index >= 15 is 0 Å². The molecule has 0 saturated heterocycles. The number of pyridine rings is 2. The van der Waals surface area contributed by atoms with Gasteiger partial charge in [-0.2, -0.15) is 0 Å². The third-order valence-electron chi connectivity index (χ3n) is 5.40. The molecule has 9 nitrogen and oxygen atoms in total. The largest absolute Gasteiger partial charge is 0.490 e. The fraction of sp³-hybridized carbons (Fsp3) is 0.280. The summed E-state index contributed by atoms with van der Waals surface area (Å²) in [5, 5.41) is 9.60. The van der Waals surface area contributed by atoms with Gasteiger partial charge >= 0.3 is 11.9 Å². The molecule has 2 aromatic heterocycles. The molecule has 0 fully saturated rings. The van der Waals surface area contributed by atoms with Gasteiger partial charge in [0.05, 0.1) is 19.4 Å². The normalized spacial score (nSPS) is 12.1. The van der Waals surface area contributed by atoms with Crippen molar-refractivity contribution in [1.82, 2.24) is 9.55 Å². The van der Waals surface area contributed by atoms with Crippen LogP contribution < -0.4 is 15.0 Å². The van der Waals surface area contributed by atoms with Gasteiger partial charge in [0.1, 0.15) is 16.9 Å². The smallest absolute Gasteiger partial charge is 0.373 e. The Kier molecular flexibility index (Phi) is 6.81. The molecule has 1 aliphatic heterocycles. The van der Waals surface area contributed by atoms with Crippen molar-refractivity contribution in [2.45, 2.75) is 33.1 Å². The van der Waals surface area contributed by atoms with Crippen molar-refractivity contribution in [2.24, 2.45) is 0 Å². The Morgan fingerprint density at radius 1 is 1.20 bits per heavy atom. The quantitative estimate of drug-likeness (QED) is 0.362. The van der Waals surface area contributed by atoms with E-state index in [9.17, 15) is 23.9 Å². The molecule has 1 N–H and O–H groups in total. The van der Waals surface area contributed by atoms with Gasteiger partial charge in [-0.05, 0) is 31.0 Å². The van der Waals surface area contributed by atoms with Gasteiger partial charge in [-0.15, -0.1) is 0 Å². The van der Waals surface area contributed by atoms with Gasteiger partial charge in [0.25, 0.3) is 5.56 Å². The zero-order valence-corrected chi connectivity index (χ0v) is 19.2. The maximum Gasteiger partial charge on any atom is 0.373 e. The summed E-state index contributed by atoms with van der Waals surface area (Å²) in [5.41, 5.74) is 0.318. The summed E-state index contributed by atoms with van der Waals surface area (Å²) in [6.07, 6.45) is 4.18. The lowest BCUT2D eigenvalue weighted by Gasteiger charge is -2.23. The first-order valence-corrected chi connectivity index (χ1v) is 11.1. The zero-order chi connectivity index (χ0) is 25.1. The molecule has 35 heavy (non-hydrogen) atoms. The van der Waals surface area contributed by atoms with Crippen LogP contribution in [0.25, 0.3) is 17.2 Å².